The lowest BCUT2D eigenvalue weighted by atomic mass is 9.88. The van der Waals surface area contributed by atoms with Gasteiger partial charge >= 0.3 is 0 Å². The van der Waals surface area contributed by atoms with Crippen LogP contribution in [0.1, 0.15) is 41.3 Å². The summed E-state index contributed by atoms with van der Waals surface area (Å²) >= 11 is 6.22. The van der Waals surface area contributed by atoms with Crippen molar-refractivity contribution in [1.29, 1.82) is 0 Å². The van der Waals surface area contributed by atoms with E-state index in [-0.39, 0.29) is 6.04 Å². The Bertz CT molecular complexity index is 666. The van der Waals surface area contributed by atoms with Crippen molar-refractivity contribution >= 4 is 11.6 Å². The Kier molecular flexibility index (Phi) is 3.91. The van der Waals surface area contributed by atoms with E-state index in [2.05, 4.69) is 17.2 Å². The van der Waals surface area contributed by atoms with Crippen LogP contribution in [0, 0.1) is 6.92 Å². The lowest BCUT2D eigenvalue weighted by molar-refractivity contribution is 0.304. The Morgan fingerprint density at radius 1 is 1.48 bits per heavy atom. The van der Waals surface area contributed by atoms with E-state index in [9.17, 15) is 0 Å². The fourth-order valence-electron chi connectivity index (χ4n) is 2.90. The van der Waals surface area contributed by atoms with Gasteiger partial charge in [0.05, 0.1) is 5.69 Å². The first-order valence-electron chi connectivity index (χ1n) is 7.25. The normalized spacial score (nSPS) is 17.6. The molecule has 0 saturated carbocycles. The molecule has 0 bridgehead atoms. The highest BCUT2D eigenvalue weighted by atomic mass is 35.5. The molecule has 3 rings (SSSR count). The van der Waals surface area contributed by atoms with Crippen molar-refractivity contribution in [1.82, 2.24) is 9.78 Å². The summed E-state index contributed by atoms with van der Waals surface area (Å²) in [5, 5.41) is 4.92. The number of nitrogens with zero attached hydrogens (tertiary/aromatic N) is 2. The number of hydrogen-bond acceptors (Lipinski definition) is 3. The van der Waals surface area contributed by atoms with Crippen LogP contribution in [0.5, 0.6) is 5.75 Å². The van der Waals surface area contributed by atoms with Crippen LogP contribution in [0.4, 0.5) is 0 Å². The molecule has 112 valence electrons. The Morgan fingerprint density at radius 3 is 3.00 bits per heavy atom. The zero-order chi connectivity index (χ0) is 15.0. The van der Waals surface area contributed by atoms with Gasteiger partial charge in [-0.2, -0.15) is 5.10 Å². The van der Waals surface area contributed by atoms with E-state index in [0.29, 0.717) is 11.8 Å². The van der Waals surface area contributed by atoms with Crippen LogP contribution in [0.25, 0.3) is 0 Å². The number of rotatable bonds is 3. The molecule has 0 saturated heterocycles. The van der Waals surface area contributed by atoms with Crippen LogP contribution >= 0.6 is 11.6 Å². The number of nitrogens with two attached hydrogens (primary N) is 1. The molecule has 0 amide bonds. The van der Waals surface area contributed by atoms with Gasteiger partial charge in [-0.1, -0.05) is 17.7 Å². The van der Waals surface area contributed by atoms with Crippen LogP contribution in [0.2, 0.25) is 5.15 Å². The average molecular weight is 306 g/mol. The molecule has 2 N–H and O–H groups in total. The third-order valence-electron chi connectivity index (χ3n) is 4.13. The zero-order valence-corrected chi connectivity index (χ0v) is 13.2. The van der Waals surface area contributed by atoms with Gasteiger partial charge in [-0.15, -0.1) is 0 Å². The second-order valence-electron chi connectivity index (χ2n) is 5.63. The molecule has 0 fully saturated rings. The predicted molar refractivity (Wildman–Crippen MR) is 83.6 cm³/mol. The van der Waals surface area contributed by atoms with E-state index < -0.39 is 0 Å². The highest BCUT2D eigenvalue weighted by Gasteiger charge is 2.18. The van der Waals surface area contributed by atoms with Crippen molar-refractivity contribution < 1.29 is 4.74 Å². The van der Waals surface area contributed by atoms with Gasteiger partial charge in [0.1, 0.15) is 17.5 Å². The number of fused-ring (bicyclic) bond motifs is 1. The summed E-state index contributed by atoms with van der Waals surface area (Å²) in [6.45, 7) is 2.36. The SMILES string of the molecule is Cc1nn(C)c(Cl)c1COc1ccc2c(c1)[C@H](N)CCC2. The lowest BCUT2D eigenvalue weighted by Gasteiger charge is -2.22. The topological polar surface area (TPSA) is 53.1 Å². The minimum Gasteiger partial charge on any atom is -0.489 e. The summed E-state index contributed by atoms with van der Waals surface area (Å²) in [7, 11) is 1.83. The molecule has 1 aromatic carbocycles. The number of hydrogen-bond donors (Lipinski definition) is 1. The summed E-state index contributed by atoms with van der Waals surface area (Å²) in [5.74, 6) is 0.838. The highest BCUT2D eigenvalue weighted by Crippen LogP contribution is 2.31. The maximum absolute atomic E-state index is 6.22. The van der Waals surface area contributed by atoms with Gasteiger partial charge in [-0.25, -0.2) is 0 Å². The first-order valence-corrected chi connectivity index (χ1v) is 7.63. The number of aromatic nitrogens is 2. The summed E-state index contributed by atoms with van der Waals surface area (Å²) in [5.41, 5.74) is 10.6. The number of halogens is 1. The van der Waals surface area contributed by atoms with Gasteiger partial charge in [-0.3, -0.25) is 4.68 Å². The molecule has 0 radical (unpaired) electrons. The lowest BCUT2D eigenvalue weighted by Crippen LogP contribution is -2.17. The summed E-state index contributed by atoms with van der Waals surface area (Å²) in [6.07, 6.45) is 3.32. The third-order valence-corrected chi connectivity index (χ3v) is 4.60. The summed E-state index contributed by atoms with van der Waals surface area (Å²) in [4.78, 5) is 0. The molecule has 0 aliphatic heterocycles. The van der Waals surface area contributed by atoms with Crippen molar-refractivity contribution in [2.75, 3.05) is 0 Å². The van der Waals surface area contributed by atoms with Gasteiger partial charge in [-0.05, 0) is 49.4 Å². The van der Waals surface area contributed by atoms with Crippen LogP contribution in [0.15, 0.2) is 18.2 Å². The molecule has 1 aliphatic carbocycles. The van der Waals surface area contributed by atoms with Crippen LogP contribution in [-0.2, 0) is 20.1 Å². The first kappa shape index (κ1) is 14.4. The predicted octanol–water partition coefficient (Wildman–Crippen LogP) is 3.30. The van der Waals surface area contributed by atoms with Crippen LogP contribution in [0.3, 0.4) is 0 Å². The standard InChI is InChI=1S/C16H20ClN3O/c1-10-14(16(17)20(2)19-10)9-21-12-7-6-11-4-3-5-15(18)13(11)8-12/h6-8,15H,3-5,9,18H2,1-2H3/t15-/m1/s1. The van der Waals surface area contributed by atoms with Crippen molar-refractivity contribution in [3.8, 4) is 5.75 Å². The van der Waals surface area contributed by atoms with E-state index >= 15 is 0 Å². The van der Waals surface area contributed by atoms with Gasteiger partial charge in [0.25, 0.3) is 0 Å². The van der Waals surface area contributed by atoms with E-state index in [0.717, 1.165) is 29.8 Å². The molecule has 4 nitrogen and oxygen atoms in total. The van der Waals surface area contributed by atoms with E-state index in [4.69, 9.17) is 22.1 Å². The van der Waals surface area contributed by atoms with E-state index in [1.165, 1.54) is 17.5 Å². The van der Waals surface area contributed by atoms with E-state index in [1.807, 2.05) is 20.0 Å². The maximum atomic E-state index is 6.22. The summed E-state index contributed by atoms with van der Waals surface area (Å²) in [6, 6.07) is 6.33. The van der Waals surface area contributed by atoms with Gasteiger partial charge in [0.2, 0.25) is 0 Å². The van der Waals surface area contributed by atoms with E-state index in [1.54, 1.807) is 4.68 Å². The average Bonchev–Trinajstić information content (AvgIpc) is 2.71. The minimum atomic E-state index is 0.126. The Balaban J connectivity index is 1.78. The monoisotopic (exact) mass is 305 g/mol. The van der Waals surface area contributed by atoms with Crippen molar-refractivity contribution in [2.45, 2.75) is 38.8 Å². The van der Waals surface area contributed by atoms with Gasteiger partial charge in [0, 0.05) is 18.7 Å². The molecule has 1 aromatic heterocycles. The number of benzene rings is 1. The highest BCUT2D eigenvalue weighted by molar-refractivity contribution is 6.30. The second kappa shape index (κ2) is 5.70. The molecule has 0 unspecified atom stereocenters. The molecule has 2 aromatic rings. The van der Waals surface area contributed by atoms with Gasteiger partial charge < -0.3 is 10.5 Å². The quantitative estimate of drug-likeness (QED) is 0.946. The second-order valence-corrected chi connectivity index (χ2v) is 5.98. The molecular weight excluding hydrogens is 286 g/mol. The largest absolute Gasteiger partial charge is 0.489 e. The zero-order valence-electron chi connectivity index (χ0n) is 12.4. The number of aryl methyl sites for hydroxylation is 3. The first-order chi connectivity index (χ1) is 10.1. The molecule has 1 atom stereocenters. The third kappa shape index (κ3) is 2.78. The Hall–Kier alpha value is -1.52. The van der Waals surface area contributed by atoms with Crippen LogP contribution < -0.4 is 10.5 Å². The van der Waals surface area contributed by atoms with Crippen molar-refractivity contribution in [2.24, 2.45) is 12.8 Å². The Labute approximate surface area is 129 Å². The molecule has 1 aliphatic rings. The number of ether oxygens (including phenoxy) is 1. The summed E-state index contributed by atoms with van der Waals surface area (Å²) < 4.78 is 7.55. The molecular formula is C16H20ClN3O. The smallest absolute Gasteiger partial charge is 0.133 e. The van der Waals surface area contributed by atoms with Crippen LogP contribution in [-0.4, -0.2) is 9.78 Å². The van der Waals surface area contributed by atoms with Crippen molar-refractivity contribution in [3.05, 3.63) is 45.7 Å². The maximum Gasteiger partial charge on any atom is 0.133 e. The molecule has 21 heavy (non-hydrogen) atoms. The fourth-order valence-corrected chi connectivity index (χ4v) is 3.13. The molecule has 5 heteroatoms. The molecule has 1 heterocycles. The minimum absolute atomic E-state index is 0.126. The molecule has 0 spiro atoms. The van der Waals surface area contributed by atoms with Crippen molar-refractivity contribution in [3.63, 3.8) is 0 Å². The Morgan fingerprint density at radius 2 is 2.29 bits per heavy atom. The van der Waals surface area contributed by atoms with Gasteiger partial charge in [0.15, 0.2) is 0 Å². The fraction of sp³-hybridized carbons (Fsp3) is 0.438.